The third-order valence-electron chi connectivity index (χ3n) is 3.26. The molecule has 0 heterocycles. The summed E-state index contributed by atoms with van der Waals surface area (Å²) in [6, 6.07) is 0.248. The van der Waals surface area contributed by atoms with Gasteiger partial charge in [0.25, 0.3) is 0 Å². The van der Waals surface area contributed by atoms with Gasteiger partial charge in [0.15, 0.2) is 0 Å². The minimum absolute atomic E-state index is 0.248. The van der Waals surface area contributed by atoms with Gasteiger partial charge in [-0.3, -0.25) is 0 Å². The zero-order valence-corrected chi connectivity index (χ0v) is 8.96. The fourth-order valence-electron chi connectivity index (χ4n) is 2.43. The molecule has 0 amide bonds. The van der Waals surface area contributed by atoms with Crippen LogP contribution >= 0.6 is 0 Å². The molecule has 78 valence electrons. The van der Waals surface area contributed by atoms with E-state index in [0.717, 1.165) is 18.8 Å². The molecular weight excluding hydrogens is 162 g/mol. The fourth-order valence-corrected chi connectivity index (χ4v) is 2.43. The lowest BCUT2D eigenvalue weighted by Crippen LogP contribution is -2.37. The van der Waals surface area contributed by atoms with Crippen molar-refractivity contribution in [1.29, 1.82) is 0 Å². The van der Waals surface area contributed by atoms with E-state index in [-0.39, 0.29) is 12.1 Å². The smallest absolute Gasteiger partial charge is 0.0719 e. The van der Waals surface area contributed by atoms with E-state index in [1.165, 1.54) is 25.7 Å². The maximum Gasteiger partial charge on any atom is 0.0719 e. The van der Waals surface area contributed by atoms with Gasteiger partial charge in [0.05, 0.1) is 6.10 Å². The summed E-state index contributed by atoms with van der Waals surface area (Å²) in [7, 11) is 1.77. The van der Waals surface area contributed by atoms with Crippen molar-refractivity contribution in [2.75, 3.05) is 7.11 Å². The molecule has 0 aliphatic heterocycles. The second kappa shape index (κ2) is 5.61. The zero-order valence-electron chi connectivity index (χ0n) is 8.96. The van der Waals surface area contributed by atoms with Gasteiger partial charge in [-0.2, -0.15) is 0 Å². The maximum absolute atomic E-state index is 6.09. The molecule has 0 aromatic rings. The van der Waals surface area contributed by atoms with Crippen molar-refractivity contribution in [2.45, 2.75) is 57.6 Å². The van der Waals surface area contributed by atoms with Crippen molar-refractivity contribution in [2.24, 2.45) is 11.7 Å². The van der Waals surface area contributed by atoms with E-state index >= 15 is 0 Å². The van der Waals surface area contributed by atoms with E-state index < -0.39 is 0 Å². The second-order valence-electron chi connectivity index (χ2n) is 4.23. The van der Waals surface area contributed by atoms with Crippen molar-refractivity contribution in [1.82, 2.24) is 0 Å². The summed E-state index contributed by atoms with van der Waals surface area (Å²) in [5, 5.41) is 0. The van der Waals surface area contributed by atoms with Crippen LogP contribution < -0.4 is 5.73 Å². The first-order valence-electron chi connectivity index (χ1n) is 5.56. The predicted octanol–water partition coefficient (Wildman–Crippen LogP) is 2.32. The lowest BCUT2D eigenvalue weighted by atomic mass is 9.95. The van der Waals surface area contributed by atoms with Crippen LogP contribution in [0.5, 0.6) is 0 Å². The Morgan fingerprint density at radius 1 is 1.38 bits per heavy atom. The van der Waals surface area contributed by atoms with E-state index in [0.29, 0.717) is 0 Å². The average molecular weight is 185 g/mol. The Labute approximate surface area is 81.8 Å². The minimum atomic E-state index is 0.248. The van der Waals surface area contributed by atoms with Gasteiger partial charge in [0, 0.05) is 13.2 Å². The Kier molecular flexibility index (Phi) is 4.74. The molecule has 2 atom stereocenters. The highest BCUT2D eigenvalue weighted by atomic mass is 16.5. The summed E-state index contributed by atoms with van der Waals surface area (Å²) >= 11 is 0. The lowest BCUT2D eigenvalue weighted by Gasteiger charge is -2.23. The number of nitrogens with two attached hydrogens (primary N) is 1. The quantitative estimate of drug-likeness (QED) is 0.713. The van der Waals surface area contributed by atoms with Crippen LogP contribution in [0.3, 0.4) is 0 Å². The van der Waals surface area contributed by atoms with Crippen molar-refractivity contribution in [3.63, 3.8) is 0 Å². The Morgan fingerprint density at radius 2 is 2.00 bits per heavy atom. The van der Waals surface area contributed by atoms with Crippen LogP contribution in [0, 0.1) is 5.92 Å². The summed E-state index contributed by atoms with van der Waals surface area (Å²) in [6.07, 6.45) is 8.03. The monoisotopic (exact) mass is 185 g/mol. The Morgan fingerprint density at radius 3 is 2.46 bits per heavy atom. The number of methoxy groups -OCH3 is 1. The molecule has 13 heavy (non-hydrogen) atoms. The van der Waals surface area contributed by atoms with Gasteiger partial charge in [-0.25, -0.2) is 0 Å². The molecule has 2 unspecified atom stereocenters. The van der Waals surface area contributed by atoms with Gasteiger partial charge in [-0.05, 0) is 18.8 Å². The summed E-state index contributed by atoms with van der Waals surface area (Å²) < 4.78 is 5.35. The van der Waals surface area contributed by atoms with Crippen LogP contribution in [-0.4, -0.2) is 19.3 Å². The van der Waals surface area contributed by atoms with Crippen LogP contribution in [0.2, 0.25) is 0 Å². The van der Waals surface area contributed by atoms with Crippen molar-refractivity contribution in [3.05, 3.63) is 0 Å². The SMILES string of the molecule is CCC(OC)C(N)CC1CCCC1. The summed E-state index contributed by atoms with van der Waals surface area (Å²) in [6.45, 7) is 2.14. The van der Waals surface area contributed by atoms with Gasteiger partial charge in [0.2, 0.25) is 0 Å². The van der Waals surface area contributed by atoms with Crippen LogP contribution in [0.15, 0.2) is 0 Å². The van der Waals surface area contributed by atoms with E-state index in [9.17, 15) is 0 Å². The molecule has 0 spiro atoms. The summed E-state index contributed by atoms with van der Waals surface area (Å²) in [5.74, 6) is 0.874. The maximum atomic E-state index is 6.09. The minimum Gasteiger partial charge on any atom is -0.380 e. The molecule has 1 aliphatic carbocycles. The van der Waals surface area contributed by atoms with E-state index in [1.54, 1.807) is 7.11 Å². The van der Waals surface area contributed by atoms with Gasteiger partial charge in [-0.1, -0.05) is 32.6 Å². The number of rotatable bonds is 5. The molecule has 1 rings (SSSR count). The standard InChI is InChI=1S/C11H23NO/c1-3-11(13-2)10(12)8-9-6-4-5-7-9/h9-11H,3-8,12H2,1-2H3. The van der Waals surface area contributed by atoms with Crippen LogP contribution in [0.1, 0.15) is 45.4 Å². The van der Waals surface area contributed by atoms with Crippen molar-refractivity contribution in [3.8, 4) is 0 Å². The fraction of sp³-hybridized carbons (Fsp3) is 1.00. The van der Waals surface area contributed by atoms with E-state index in [1.807, 2.05) is 0 Å². The second-order valence-corrected chi connectivity index (χ2v) is 4.23. The van der Waals surface area contributed by atoms with Crippen molar-refractivity contribution >= 4 is 0 Å². The molecule has 2 N–H and O–H groups in total. The molecule has 0 saturated heterocycles. The Bertz CT molecular complexity index is 128. The number of ether oxygens (including phenoxy) is 1. The van der Waals surface area contributed by atoms with Gasteiger partial charge in [-0.15, -0.1) is 0 Å². The predicted molar refractivity (Wildman–Crippen MR) is 55.6 cm³/mol. The lowest BCUT2D eigenvalue weighted by molar-refractivity contribution is 0.0698. The zero-order chi connectivity index (χ0) is 9.68. The third-order valence-corrected chi connectivity index (χ3v) is 3.26. The first kappa shape index (κ1) is 11.0. The molecule has 0 bridgehead atoms. The highest BCUT2D eigenvalue weighted by Crippen LogP contribution is 2.29. The summed E-state index contributed by atoms with van der Waals surface area (Å²) in [4.78, 5) is 0. The normalized spacial score (nSPS) is 23.3. The molecular formula is C11H23NO. The Hall–Kier alpha value is -0.0800. The molecule has 2 heteroatoms. The van der Waals surface area contributed by atoms with Gasteiger partial charge in [0.1, 0.15) is 0 Å². The summed E-state index contributed by atoms with van der Waals surface area (Å²) in [5.41, 5.74) is 6.09. The van der Waals surface area contributed by atoms with Gasteiger partial charge >= 0.3 is 0 Å². The molecule has 0 aromatic heterocycles. The average Bonchev–Trinajstić information content (AvgIpc) is 2.59. The molecule has 1 aliphatic rings. The van der Waals surface area contributed by atoms with Crippen LogP contribution in [0.4, 0.5) is 0 Å². The van der Waals surface area contributed by atoms with E-state index in [4.69, 9.17) is 10.5 Å². The van der Waals surface area contributed by atoms with Gasteiger partial charge < -0.3 is 10.5 Å². The molecule has 0 radical (unpaired) electrons. The topological polar surface area (TPSA) is 35.2 Å². The number of hydrogen-bond donors (Lipinski definition) is 1. The highest BCUT2D eigenvalue weighted by Gasteiger charge is 2.22. The highest BCUT2D eigenvalue weighted by molar-refractivity contribution is 4.78. The molecule has 1 fully saturated rings. The van der Waals surface area contributed by atoms with Crippen LogP contribution in [-0.2, 0) is 4.74 Å². The third kappa shape index (κ3) is 3.28. The Balaban J connectivity index is 2.25. The molecule has 2 nitrogen and oxygen atoms in total. The first-order valence-corrected chi connectivity index (χ1v) is 5.56. The van der Waals surface area contributed by atoms with Crippen molar-refractivity contribution < 1.29 is 4.74 Å². The molecule has 0 aromatic carbocycles. The molecule has 1 saturated carbocycles. The first-order chi connectivity index (χ1) is 6.27. The van der Waals surface area contributed by atoms with E-state index in [2.05, 4.69) is 6.92 Å². The number of hydrogen-bond acceptors (Lipinski definition) is 2. The van der Waals surface area contributed by atoms with Crippen LogP contribution in [0.25, 0.3) is 0 Å². The largest absolute Gasteiger partial charge is 0.380 e.